The highest BCUT2D eigenvalue weighted by Crippen LogP contribution is 2.43. The number of hydrogen-bond acceptors (Lipinski definition) is 4. The number of methoxy groups -OCH3 is 2. The first-order valence-electron chi connectivity index (χ1n) is 10.5. The van der Waals surface area contributed by atoms with E-state index in [4.69, 9.17) is 21.1 Å². The number of carbonyl (C=O) groups excluding carboxylic acids is 1. The van der Waals surface area contributed by atoms with Gasteiger partial charge in [-0.05, 0) is 59.7 Å². The van der Waals surface area contributed by atoms with Crippen molar-refractivity contribution in [2.75, 3.05) is 14.2 Å². The molecule has 1 aromatic heterocycles. The van der Waals surface area contributed by atoms with Gasteiger partial charge < -0.3 is 14.4 Å². The number of ether oxygens (including phenoxy) is 2. The summed E-state index contributed by atoms with van der Waals surface area (Å²) in [5.41, 5.74) is 5.00. The first-order chi connectivity index (χ1) is 16.1. The van der Waals surface area contributed by atoms with Gasteiger partial charge in [0.15, 0.2) is 0 Å². The monoisotopic (exact) mass is 459 g/mol. The number of nitrogens with zero attached hydrogens (tertiary/aromatic N) is 2. The smallest absolute Gasteiger partial charge is 0.273 e. The van der Waals surface area contributed by atoms with Gasteiger partial charge in [0.25, 0.3) is 5.91 Å². The number of halogens is 1. The van der Waals surface area contributed by atoms with Crippen molar-refractivity contribution in [1.29, 1.82) is 0 Å². The molecule has 4 aromatic rings. The number of H-pyrrole nitrogens is 1. The maximum atomic E-state index is 13.5. The third-order valence-corrected chi connectivity index (χ3v) is 6.18. The van der Waals surface area contributed by atoms with Crippen LogP contribution < -0.4 is 9.47 Å². The van der Waals surface area contributed by atoms with E-state index in [0.29, 0.717) is 17.3 Å². The molecule has 1 aliphatic rings. The van der Waals surface area contributed by atoms with Gasteiger partial charge in [-0.2, -0.15) is 5.10 Å². The molecule has 0 saturated carbocycles. The van der Waals surface area contributed by atoms with E-state index in [1.54, 1.807) is 14.2 Å². The minimum Gasteiger partial charge on any atom is -0.497 e. The first kappa shape index (κ1) is 21.1. The lowest BCUT2D eigenvalue weighted by Crippen LogP contribution is -2.29. The van der Waals surface area contributed by atoms with E-state index >= 15 is 0 Å². The first-order valence-corrected chi connectivity index (χ1v) is 10.9. The van der Waals surface area contributed by atoms with E-state index in [0.717, 1.165) is 39.4 Å². The summed E-state index contributed by atoms with van der Waals surface area (Å²) in [6.45, 7) is 0.445. The van der Waals surface area contributed by atoms with Crippen LogP contribution in [0.1, 0.15) is 33.2 Å². The molecule has 1 amide bonds. The SMILES string of the molecule is COc1ccc(CN2C(=O)c3[nH]nc(-c4ccc(OC)cc4)c3C2c2ccc(Cl)cc2)cc1. The van der Waals surface area contributed by atoms with Gasteiger partial charge in [0.1, 0.15) is 17.2 Å². The predicted molar refractivity (Wildman–Crippen MR) is 127 cm³/mol. The zero-order chi connectivity index (χ0) is 22.9. The normalized spacial score (nSPS) is 14.9. The molecule has 1 atom stereocenters. The Balaban J connectivity index is 1.59. The second kappa shape index (κ2) is 8.64. The number of nitrogens with one attached hydrogen (secondary N) is 1. The number of hydrogen-bond donors (Lipinski definition) is 1. The Hall–Kier alpha value is -3.77. The molecule has 166 valence electrons. The van der Waals surface area contributed by atoms with Crippen LogP contribution in [0.15, 0.2) is 72.8 Å². The summed E-state index contributed by atoms with van der Waals surface area (Å²) in [6, 6.07) is 22.7. The molecule has 6 nitrogen and oxygen atoms in total. The third kappa shape index (κ3) is 3.83. The lowest BCUT2D eigenvalue weighted by molar-refractivity contribution is 0.0730. The topological polar surface area (TPSA) is 67.5 Å². The molecule has 0 aliphatic carbocycles. The van der Waals surface area contributed by atoms with Crippen molar-refractivity contribution >= 4 is 17.5 Å². The number of rotatable bonds is 6. The molecule has 1 N–H and O–H groups in total. The Morgan fingerprint density at radius 3 is 2.12 bits per heavy atom. The molecule has 0 bridgehead atoms. The van der Waals surface area contributed by atoms with Crippen molar-refractivity contribution in [3.05, 3.63) is 100 Å². The average molecular weight is 460 g/mol. The zero-order valence-corrected chi connectivity index (χ0v) is 19.0. The van der Waals surface area contributed by atoms with Crippen LogP contribution in [0.5, 0.6) is 11.5 Å². The standard InChI is InChI=1S/C26H22ClN3O3/c1-32-20-11-3-16(4-12-20)15-30-25(18-5-9-19(27)10-6-18)22-23(28-29-24(22)26(30)31)17-7-13-21(33-2)14-8-17/h3-14,25H,15H2,1-2H3,(H,28,29). The van der Waals surface area contributed by atoms with Crippen LogP contribution in [-0.2, 0) is 6.54 Å². The summed E-state index contributed by atoms with van der Waals surface area (Å²) in [7, 11) is 3.27. The number of amides is 1. The fourth-order valence-electron chi connectivity index (χ4n) is 4.25. The van der Waals surface area contributed by atoms with Crippen LogP contribution in [-0.4, -0.2) is 35.2 Å². The van der Waals surface area contributed by atoms with Crippen LogP contribution >= 0.6 is 11.6 Å². The fourth-order valence-corrected chi connectivity index (χ4v) is 4.37. The molecule has 2 heterocycles. The number of benzene rings is 3. The van der Waals surface area contributed by atoms with Gasteiger partial charge in [-0.1, -0.05) is 35.9 Å². The molecular formula is C26H22ClN3O3. The third-order valence-electron chi connectivity index (χ3n) is 5.92. The molecule has 1 aliphatic heterocycles. The highest BCUT2D eigenvalue weighted by Gasteiger charge is 2.42. The van der Waals surface area contributed by atoms with Crippen molar-refractivity contribution in [2.24, 2.45) is 0 Å². The highest BCUT2D eigenvalue weighted by molar-refractivity contribution is 6.30. The molecule has 5 rings (SSSR count). The summed E-state index contributed by atoms with van der Waals surface area (Å²) < 4.78 is 10.6. The van der Waals surface area contributed by atoms with E-state index in [9.17, 15) is 4.79 Å². The predicted octanol–water partition coefficient (Wildman–Crippen LogP) is 5.49. The van der Waals surface area contributed by atoms with Gasteiger partial charge in [0.2, 0.25) is 0 Å². The molecule has 0 saturated heterocycles. The van der Waals surface area contributed by atoms with Gasteiger partial charge >= 0.3 is 0 Å². The van der Waals surface area contributed by atoms with E-state index in [-0.39, 0.29) is 11.9 Å². The lowest BCUT2D eigenvalue weighted by Gasteiger charge is -2.26. The van der Waals surface area contributed by atoms with Crippen LogP contribution in [0.25, 0.3) is 11.3 Å². The molecule has 0 fully saturated rings. The average Bonchev–Trinajstić information content (AvgIpc) is 3.39. The number of fused-ring (bicyclic) bond motifs is 1. The lowest BCUT2D eigenvalue weighted by atomic mass is 9.96. The molecule has 3 aromatic carbocycles. The maximum absolute atomic E-state index is 13.5. The molecule has 0 spiro atoms. The maximum Gasteiger partial charge on any atom is 0.273 e. The molecular weight excluding hydrogens is 438 g/mol. The quantitative estimate of drug-likeness (QED) is 0.414. The van der Waals surface area contributed by atoms with Crippen LogP contribution in [0.3, 0.4) is 0 Å². The van der Waals surface area contributed by atoms with Gasteiger partial charge in [-0.15, -0.1) is 0 Å². The van der Waals surface area contributed by atoms with Crippen molar-refractivity contribution < 1.29 is 14.3 Å². The Bertz CT molecular complexity index is 1280. The highest BCUT2D eigenvalue weighted by atomic mass is 35.5. The van der Waals surface area contributed by atoms with Crippen LogP contribution in [0.2, 0.25) is 5.02 Å². The van der Waals surface area contributed by atoms with E-state index in [1.807, 2.05) is 77.7 Å². The summed E-state index contributed by atoms with van der Waals surface area (Å²) in [5, 5.41) is 8.15. The van der Waals surface area contributed by atoms with Crippen LogP contribution in [0, 0.1) is 0 Å². The Morgan fingerprint density at radius 2 is 1.52 bits per heavy atom. The van der Waals surface area contributed by atoms with Crippen molar-refractivity contribution in [3.8, 4) is 22.8 Å². The van der Waals surface area contributed by atoms with Crippen molar-refractivity contribution in [3.63, 3.8) is 0 Å². The Labute approximate surface area is 196 Å². The molecule has 0 radical (unpaired) electrons. The Morgan fingerprint density at radius 1 is 0.909 bits per heavy atom. The second-order valence-electron chi connectivity index (χ2n) is 7.82. The number of aromatic amines is 1. The molecule has 7 heteroatoms. The summed E-state index contributed by atoms with van der Waals surface area (Å²) in [6.07, 6.45) is 0. The minimum absolute atomic E-state index is 0.0898. The van der Waals surface area contributed by atoms with Gasteiger partial charge in [0.05, 0.1) is 26.0 Å². The largest absolute Gasteiger partial charge is 0.497 e. The fraction of sp³-hybridized carbons (Fsp3) is 0.154. The zero-order valence-electron chi connectivity index (χ0n) is 18.2. The summed E-state index contributed by atoms with van der Waals surface area (Å²) in [5.74, 6) is 1.45. The van der Waals surface area contributed by atoms with Gasteiger partial charge in [-0.25, -0.2) is 0 Å². The van der Waals surface area contributed by atoms with E-state index in [1.165, 1.54) is 0 Å². The van der Waals surface area contributed by atoms with E-state index in [2.05, 4.69) is 10.2 Å². The summed E-state index contributed by atoms with van der Waals surface area (Å²) in [4.78, 5) is 15.4. The van der Waals surface area contributed by atoms with Gasteiger partial charge in [-0.3, -0.25) is 9.89 Å². The summed E-state index contributed by atoms with van der Waals surface area (Å²) >= 11 is 6.15. The van der Waals surface area contributed by atoms with Crippen molar-refractivity contribution in [1.82, 2.24) is 15.1 Å². The molecule has 1 unspecified atom stereocenters. The minimum atomic E-state index is -0.303. The van der Waals surface area contributed by atoms with Crippen LogP contribution in [0.4, 0.5) is 0 Å². The Kier molecular flexibility index (Phi) is 5.52. The van der Waals surface area contributed by atoms with Crippen molar-refractivity contribution in [2.45, 2.75) is 12.6 Å². The van der Waals surface area contributed by atoms with Gasteiger partial charge in [0, 0.05) is 22.7 Å². The molecule has 33 heavy (non-hydrogen) atoms. The van der Waals surface area contributed by atoms with E-state index < -0.39 is 0 Å². The second-order valence-corrected chi connectivity index (χ2v) is 8.26. The number of carbonyl (C=O) groups is 1. The number of aromatic nitrogens is 2.